The molecule has 5 heteroatoms. The third-order valence-electron chi connectivity index (χ3n) is 7.08. The smallest absolute Gasteiger partial charge is 0.0998 e. The average Bonchev–Trinajstić information content (AvgIpc) is 3.29. The van der Waals surface area contributed by atoms with Gasteiger partial charge in [0.05, 0.1) is 45.9 Å². The molecule has 39 heavy (non-hydrogen) atoms. The van der Waals surface area contributed by atoms with Gasteiger partial charge in [-0.05, 0) is 95.4 Å². The van der Waals surface area contributed by atoms with E-state index < -0.39 is 0 Å². The molecule has 182 valence electrons. The molecular weight excluding hydrogens is 478 g/mol. The zero-order chi connectivity index (χ0) is 27.1. The molecule has 0 aliphatic heterocycles. The number of aryl methyl sites for hydroxylation is 1. The van der Waals surface area contributed by atoms with E-state index in [1.165, 1.54) is 0 Å². The van der Waals surface area contributed by atoms with Gasteiger partial charge in [-0.15, -0.1) is 0 Å². The lowest BCUT2D eigenvalue weighted by Crippen LogP contribution is -1.94. The second-order valence-electron chi connectivity index (χ2n) is 9.54. The molecule has 5 aromatic carbocycles. The zero-order valence-electron chi connectivity index (χ0n) is 21.1. The Morgan fingerprint density at radius 1 is 0.615 bits per heavy atom. The summed E-state index contributed by atoms with van der Waals surface area (Å²) in [5.41, 5.74) is 15.6. The highest BCUT2D eigenvalue weighted by Gasteiger charge is 2.16. The van der Waals surface area contributed by atoms with Crippen LogP contribution >= 0.6 is 0 Å². The summed E-state index contributed by atoms with van der Waals surface area (Å²) < 4.78 is 2.24. The van der Waals surface area contributed by atoms with E-state index >= 15 is 0 Å². The second-order valence-corrected chi connectivity index (χ2v) is 9.54. The molecule has 0 saturated carbocycles. The third kappa shape index (κ3) is 3.94. The number of anilines is 1. The van der Waals surface area contributed by atoms with Crippen molar-refractivity contribution in [1.82, 2.24) is 4.57 Å². The van der Waals surface area contributed by atoms with Crippen molar-refractivity contribution in [3.05, 3.63) is 119 Å². The molecule has 0 unspecified atom stereocenters. The first kappa shape index (κ1) is 23.6. The summed E-state index contributed by atoms with van der Waals surface area (Å²) in [4.78, 5) is 0. The van der Waals surface area contributed by atoms with Gasteiger partial charge in [0.1, 0.15) is 0 Å². The van der Waals surface area contributed by atoms with Crippen LogP contribution in [0.1, 0.15) is 22.3 Å². The van der Waals surface area contributed by atoms with Crippen molar-refractivity contribution in [2.24, 2.45) is 0 Å². The number of aromatic nitrogens is 1. The van der Waals surface area contributed by atoms with Crippen LogP contribution in [0, 0.1) is 40.9 Å². The molecular formula is C34H21N5. The summed E-state index contributed by atoms with van der Waals surface area (Å²) in [6, 6.07) is 38.0. The lowest BCUT2D eigenvalue weighted by Gasteiger charge is -2.10. The molecule has 0 spiro atoms. The zero-order valence-corrected chi connectivity index (χ0v) is 21.1. The molecule has 0 amide bonds. The van der Waals surface area contributed by atoms with Gasteiger partial charge in [0.25, 0.3) is 0 Å². The molecule has 0 saturated heterocycles. The van der Waals surface area contributed by atoms with Crippen LogP contribution in [0.15, 0.2) is 97.1 Å². The number of benzene rings is 5. The molecule has 6 rings (SSSR count). The fourth-order valence-electron chi connectivity index (χ4n) is 5.27. The molecule has 5 nitrogen and oxygen atoms in total. The Morgan fingerprint density at radius 2 is 1.23 bits per heavy atom. The maximum atomic E-state index is 9.80. The van der Waals surface area contributed by atoms with Crippen LogP contribution in [-0.4, -0.2) is 4.57 Å². The van der Waals surface area contributed by atoms with Gasteiger partial charge in [0.2, 0.25) is 0 Å². The van der Waals surface area contributed by atoms with Crippen molar-refractivity contribution in [2.75, 3.05) is 5.73 Å². The Bertz CT molecular complexity index is 2080. The molecule has 0 atom stereocenters. The number of hydrogen-bond acceptors (Lipinski definition) is 4. The number of nitrogen functional groups attached to an aromatic ring is 1. The average molecular weight is 500 g/mol. The van der Waals surface area contributed by atoms with Gasteiger partial charge in [-0.2, -0.15) is 15.8 Å². The van der Waals surface area contributed by atoms with Crippen LogP contribution in [-0.2, 0) is 0 Å². The van der Waals surface area contributed by atoms with Gasteiger partial charge in [-0.3, -0.25) is 0 Å². The van der Waals surface area contributed by atoms with Crippen LogP contribution in [0.4, 0.5) is 5.69 Å². The van der Waals surface area contributed by atoms with Gasteiger partial charge in [-0.1, -0.05) is 36.4 Å². The molecule has 0 fully saturated rings. The molecule has 0 bridgehead atoms. The number of rotatable bonds is 3. The lowest BCUT2D eigenvalue weighted by atomic mass is 9.95. The lowest BCUT2D eigenvalue weighted by molar-refractivity contribution is 1.17. The van der Waals surface area contributed by atoms with Crippen molar-refractivity contribution >= 4 is 27.5 Å². The Balaban J connectivity index is 1.67. The van der Waals surface area contributed by atoms with Gasteiger partial charge in [0, 0.05) is 22.1 Å². The van der Waals surface area contributed by atoms with Crippen LogP contribution in [0.2, 0.25) is 0 Å². The van der Waals surface area contributed by atoms with Crippen molar-refractivity contribution < 1.29 is 0 Å². The van der Waals surface area contributed by atoms with E-state index in [0.29, 0.717) is 22.4 Å². The highest BCUT2D eigenvalue weighted by Crippen LogP contribution is 2.38. The Labute approximate surface area is 225 Å². The maximum Gasteiger partial charge on any atom is 0.0998 e. The summed E-state index contributed by atoms with van der Waals surface area (Å²) in [5, 5.41) is 30.9. The predicted octanol–water partition coefficient (Wildman–Crippen LogP) is 7.62. The minimum Gasteiger partial charge on any atom is -0.399 e. The van der Waals surface area contributed by atoms with E-state index in [4.69, 9.17) is 5.73 Å². The van der Waals surface area contributed by atoms with E-state index in [-0.39, 0.29) is 0 Å². The maximum absolute atomic E-state index is 9.80. The summed E-state index contributed by atoms with van der Waals surface area (Å²) in [6.45, 7) is 2.08. The number of nitriles is 3. The first-order valence-corrected chi connectivity index (χ1v) is 12.4. The molecule has 2 N–H and O–H groups in total. The van der Waals surface area contributed by atoms with E-state index in [1.807, 2.05) is 30.3 Å². The molecule has 1 heterocycles. The third-order valence-corrected chi connectivity index (χ3v) is 7.08. The summed E-state index contributed by atoms with van der Waals surface area (Å²) in [5.74, 6) is 0. The standard InChI is InChI=1S/C34H21N5/c1-21-3-2-4-28(13-21)39-33-11-6-23(29-9-5-22(18-35)14-25(29)19-36)16-31(33)32-17-24(7-12-34(32)39)30-10-8-27(38)15-26(30)20-37/h2-17H,38H2,1H3. The molecule has 0 aliphatic rings. The molecule has 0 radical (unpaired) electrons. The van der Waals surface area contributed by atoms with Gasteiger partial charge >= 0.3 is 0 Å². The Morgan fingerprint density at radius 3 is 1.82 bits per heavy atom. The minimum atomic E-state index is 0.453. The van der Waals surface area contributed by atoms with Gasteiger partial charge < -0.3 is 10.3 Å². The number of nitrogens with two attached hydrogens (primary N) is 1. The molecule has 6 aromatic rings. The summed E-state index contributed by atoms with van der Waals surface area (Å²) in [6.07, 6.45) is 0. The topological polar surface area (TPSA) is 102 Å². The summed E-state index contributed by atoms with van der Waals surface area (Å²) >= 11 is 0. The number of fused-ring (bicyclic) bond motifs is 3. The first-order valence-electron chi connectivity index (χ1n) is 12.4. The van der Waals surface area contributed by atoms with Crippen molar-refractivity contribution in [3.63, 3.8) is 0 Å². The first-order chi connectivity index (χ1) is 19.0. The fraction of sp³-hybridized carbons (Fsp3) is 0.0294. The van der Waals surface area contributed by atoms with Crippen molar-refractivity contribution in [2.45, 2.75) is 6.92 Å². The normalized spacial score (nSPS) is 10.7. The predicted molar refractivity (Wildman–Crippen MR) is 155 cm³/mol. The van der Waals surface area contributed by atoms with E-state index in [9.17, 15) is 15.8 Å². The monoisotopic (exact) mass is 499 g/mol. The van der Waals surface area contributed by atoms with Crippen molar-refractivity contribution in [3.8, 4) is 46.1 Å². The number of hydrogen-bond donors (Lipinski definition) is 1. The van der Waals surface area contributed by atoms with E-state index in [1.54, 1.807) is 18.2 Å². The highest BCUT2D eigenvalue weighted by molar-refractivity contribution is 6.11. The van der Waals surface area contributed by atoms with Crippen molar-refractivity contribution in [1.29, 1.82) is 15.8 Å². The van der Waals surface area contributed by atoms with Crippen LogP contribution in [0.3, 0.4) is 0 Å². The molecule has 1 aromatic heterocycles. The molecule has 0 aliphatic carbocycles. The fourth-order valence-corrected chi connectivity index (χ4v) is 5.27. The Kier molecular flexibility index (Phi) is 5.58. The highest BCUT2D eigenvalue weighted by atomic mass is 15.0. The second kappa shape index (κ2) is 9.24. The Hall–Kier alpha value is -5.83. The summed E-state index contributed by atoms with van der Waals surface area (Å²) in [7, 11) is 0. The largest absolute Gasteiger partial charge is 0.399 e. The van der Waals surface area contributed by atoms with E-state index in [0.717, 1.165) is 55.3 Å². The number of nitrogens with zero attached hydrogens (tertiary/aromatic N) is 4. The quantitative estimate of drug-likeness (QED) is 0.253. The minimum absolute atomic E-state index is 0.453. The van der Waals surface area contributed by atoms with Crippen LogP contribution in [0.25, 0.3) is 49.7 Å². The SMILES string of the molecule is Cc1cccc(-n2c3ccc(-c4ccc(N)cc4C#N)cc3c3cc(-c4ccc(C#N)cc4C#N)ccc32)c1. The van der Waals surface area contributed by atoms with Gasteiger partial charge in [-0.25, -0.2) is 0 Å². The van der Waals surface area contributed by atoms with E-state index in [2.05, 4.69) is 78.2 Å². The van der Waals surface area contributed by atoms with Crippen LogP contribution in [0.5, 0.6) is 0 Å². The van der Waals surface area contributed by atoms with Crippen LogP contribution < -0.4 is 5.73 Å². The van der Waals surface area contributed by atoms with Gasteiger partial charge in [0.15, 0.2) is 0 Å².